The molecule has 0 radical (unpaired) electrons. The summed E-state index contributed by atoms with van der Waals surface area (Å²) in [6, 6.07) is 16.5. The van der Waals surface area contributed by atoms with Gasteiger partial charge in [-0.15, -0.1) is 0 Å². The molecule has 2 aromatic heterocycles. The van der Waals surface area contributed by atoms with E-state index in [0.29, 0.717) is 12.0 Å². The third-order valence-electron chi connectivity index (χ3n) is 7.06. The number of benzene rings is 2. The van der Waals surface area contributed by atoms with Crippen LogP contribution in [0.4, 0.5) is 10.1 Å². The highest BCUT2D eigenvalue weighted by atomic mass is 19.1. The van der Waals surface area contributed by atoms with Gasteiger partial charge in [0.15, 0.2) is 0 Å². The Morgan fingerprint density at radius 2 is 1.81 bits per heavy atom. The topological polar surface area (TPSA) is 84.2 Å². The number of nitrogens with one attached hydrogen (secondary N) is 1. The number of aromatic nitrogens is 2. The predicted octanol–water partition coefficient (Wildman–Crippen LogP) is 5.67. The largest absolute Gasteiger partial charge is 0.481 e. The van der Waals surface area contributed by atoms with Gasteiger partial charge in [0.1, 0.15) is 5.82 Å². The Morgan fingerprint density at radius 3 is 2.43 bits per heavy atom. The van der Waals surface area contributed by atoms with E-state index in [1.165, 1.54) is 10.6 Å². The van der Waals surface area contributed by atoms with Gasteiger partial charge in [-0.1, -0.05) is 18.2 Å². The summed E-state index contributed by atoms with van der Waals surface area (Å²) in [7, 11) is 1.73. The van der Waals surface area contributed by atoms with Gasteiger partial charge in [0.25, 0.3) is 5.56 Å². The smallest absolute Gasteiger partial charge is 0.307 e. The second-order valence-electron chi connectivity index (χ2n) is 9.77. The number of aryl methyl sites for hydroxylation is 3. The summed E-state index contributed by atoms with van der Waals surface area (Å²) in [5, 5.41) is 12.3. The summed E-state index contributed by atoms with van der Waals surface area (Å²) < 4.78 is 16.2. The van der Waals surface area contributed by atoms with Gasteiger partial charge >= 0.3 is 5.97 Å². The van der Waals surface area contributed by atoms with Crippen LogP contribution in [-0.2, 0) is 18.4 Å². The zero-order valence-corrected chi connectivity index (χ0v) is 21.0. The van der Waals surface area contributed by atoms with Crippen LogP contribution in [0, 0.1) is 25.6 Å². The fourth-order valence-corrected chi connectivity index (χ4v) is 4.90. The van der Waals surface area contributed by atoms with Gasteiger partial charge in [0.2, 0.25) is 0 Å². The van der Waals surface area contributed by atoms with Crippen molar-refractivity contribution in [3.8, 4) is 22.3 Å². The van der Waals surface area contributed by atoms with E-state index in [0.717, 1.165) is 44.8 Å². The number of rotatable bonds is 7. The van der Waals surface area contributed by atoms with Gasteiger partial charge in [0, 0.05) is 43.0 Å². The molecule has 0 bridgehead atoms. The summed E-state index contributed by atoms with van der Waals surface area (Å²) in [5.74, 6) is -1.44. The van der Waals surface area contributed by atoms with Crippen LogP contribution in [0.25, 0.3) is 22.3 Å². The Kier molecular flexibility index (Phi) is 6.38. The first kappa shape index (κ1) is 24.4. The second-order valence-corrected chi connectivity index (χ2v) is 9.77. The number of carbonyl (C=O) groups is 1. The number of halogens is 1. The molecule has 0 unspecified atom stereocenters. The fourth-order valence-electron chi connectivity index (χ4n) is 4.90. The van der Waals surface area contributed by atoms with Crippen LogP contribution in [-0.4, -0.2) is 20.6 Å². The van der Waals surface area contributed by atoms with Crippen molar-refractivity contribution >= 4 is 11.7 Å². The van der Waals surface area contributed by atoms with Gasteiger partial charge in [-0.2, -0.15) is 0 Å². The Hall–Kier alpha value is -4.26. The van der Waals surface area contributed by atoms with Crippen molar-refractivity contribution in [2.75, 3.05) is 5.32 Å². The number of carboxylic acids is 1. The summed E-state index contributed by atoms with van der Waals surface area (Å²) in [6.45, 7) is 4.33. The number of nitrogens with zero attached hydrogens (tertiary/aromatic N) is 2. The number of pyridine rings is 2. The zero-order valence-electron chi connectivity index (χ0n) is 21.0. The minimum Gasteiger partial charge on any atom is -0.481 e. The van der Waals surface area contributed by atoms with Crippen molar-refractivity contribution in [3.63, 3.8) is 0 Å². The quantitative estimate of drug-likeness (QED) is 0.344. The van der Waals surface area contributed by atoms with Crippen LogP contribution >= 0.6 is 0 Å². The molecule has 2 atom stereocenters. The first-order valence-electron chi connectivity index (χ1n) is 12.2. The molecule has 1 saturated carbocycles. The van der Waals surface area contributed by atoms with Crippen LogP contribution in [0.1, 0.15) is 34.7 Å². The van der Waals surface area contributed by atoms with E-state index >= 15 is 0 Å². The molecular weight excluding hydrogens is 469 g/mol. The number of hydrogen-bond acceptors (Lipinski definition) is 4. The van der Waals surface area contributed by atoms with E-state index in [4.69, 9.17) is 5.11 Å². The second kappa shape index (κ2) is 9.65. The van der Waals surface area contributed by atoms with Crippen LogP contribution in [0.3, 0.4) is 0 Å². The number of anilines is 1. The molecule has 2 aromatic carbocycles. The highest BCUT2D eigenvalue weighted by molar-refractivity contribution is 5.77. The molecule has 1 aliphatic carbocycles. The lowest BCUT2D eigenvalue weighted by Gasteiger charge is -2.15. The van der Waals surface area contributed by atoms with Crippen molar-refractivity contribution in [1.29, 1.82) is 0 Å². The summed E-state index contributed by atoms with van der Waals surface area (Å²) >= 11 is 0. The van der Waals surface area contributed by atoms with E-state index in [9.17, 15) is 14.0 Å². The van der Waals surface area contributed by atoms with E-state index in [-0.39, 0.29) is 29.8 Å². The van der Waals surface area contributed by atoms with Gasteiger partial charge in [-0.25, -0.2) is 4.39 Å². The maximum atomic E-state index is 14.7. The molecule has 2 heterocycles. The monoisotopic (exact) mass is 497 g/mol. The average molecular weight is 498 g/mol. The van der Waals surface area contributed by atoms with Crippen molar-refractivity contribution in [1.82, 2.24) is 9.55 Å². The summed E-state index contributed by atoms with van der Waals surface area (Å²) in [4.78, 5) is 27.6. The maximum absolute atomic E-state index is 14.7. The highest BCUT2D eigenvalue weighted by Crippen LogP contribution is 2.46. The maximum Gasteiger partial charge on any atom is 0.307 e. The predicted molar refractivity (Wildman–Crippen MR) is 142 cm³/mol. The Morgan fingerprint density at radius 1 is 1.05 bits per heavy atom. The van der Waals surface area contributed by atoms with Crippen LogP contribution < -0.4 is 10.9 Å². The van der Waals surface area contributed by atoms with Crippen molar-refractivity contribution in [3.05, 3.63) is 106 Å². The van der Waals surface area contributed by atoms with Gasteiger partial charge in [0.05, 0.1) is 17.8 Å². The lowest BCUT2D eigenvalue weighted by molar-refractivity contribution is -0.138. The lowest BCUT2D eigenvalue weighted by atomic mass is 9.91. The molecule has 0 amide bonds. The number of aliphatic carboxylic acids is 1. The van der Waals surface area contributed by atoms with Gasteiger partial charge < -0.3 is 15.0 Å². The number of hydrogen-bond donors (Lipinski definition) is 2. The minimum absolute atomic E-state index is 0.0224. The third kappa shape index (κ3) is 5.03. The van der Waals surface area contributed by atoms with E-state index < -0.39 is 5.97 Å². The van der Waals surface area contributed by atoms with Crippen molar-refractivity contribution in [2.45, 2.75) is 32.7 Å². The zero-order chi connectivity index (χ0) is 26.3. The van der Waals surface area contributed by atoms with Crippen LogP contribution in [0.15, 0.2) is 71.8 Å². The molecule has 37 heavy (non-hydrogen) atoms. The number of carboxylic acid groups (broad SMARTS) is 1. The Balaban J connectivity index is 1.35. The highest BCUT2D eigenvalue weighted by Gasteiger charge is 2.45. The lowest BCUT2D eigenvalue weighted by Crippen LogP contribution is -2.14. The molecular formula is C30H28FN3O3. The fraction of sp³-hybridized carbons (Fsp3) is 0.233. The molecule has 0 aliphatic heterocycles. The molecule has 0 spiro atoms. The van der Waals surface area contributed by atoms with Crippen LogP contribution in [0.2, 0.25) is 0 Å². The van der Waals surface area contributed by atoms with Crippen molar-refractivity contribution < 1.29 is 14.3 Å². The average Bonchev–Trinajstić information content (AvgIpc) is 3.67. The third-order valence-corrected chi connectivity index (χ3v) is 7.06. The van der Waals surface area contributed by atoms with Crippen molar-refractivity contribution in [2.24, 2.45) is 13.0 Å². The normalized spacial score (nSPS) is 16.4. The summed E-state index contributed by atoms with van der Waals surface area (Å²) in [6.07, 6.45) is 4.05. The molecule has 2 N–H and O–H groups in total. The van der Waals surface area contributed by atoms with E-state index in [2.05, 4.69) is 22.4 Å². The molecule has 5 rings (SSSR count). The van der Waals surface area contributed by atoms with E-state index in [1.807, 2.05) is 38.1 Å². The minimum atomic E-state index is -0.782. The Bertz CT molecular complexity index is 1540. The van der Waals surface area contributed by atoms with Gasteiger partial charge in [-0.3, -0.25) is 14.6 Å². The molecule has 0 saturated heterocycles. The molecule has 6 nitrogen and oxygen atoms in total. The first-order valence-corrected chi connectivity index (χ1v) is 12.2. The molecule has 7 heteroatoms. The van der Waals surface area contributed by atoms with Gasteiger partial charge in [-0.05, 0) is 84.0 Å². The summed E-state index contributed by atoms with van der Waals surface area (Å²) in [5.41, 5.74) is 7.87. The SMILES string of the molecule is Cc1cc(-c2ccn(C)c(=O)c2)cc(C)c1-c1ccc(F)c(CNc2ccc([C@H]3C[C@@H]3C(=O)O)nc2)c1. The first-order chi connectivity index (χ1) is 17.7. The molecule has 1 fully saturated rings. The standard InChI is InChI=1S/C30H28FN3O3/c1-17-10-21(19-8-9-34(3)28(35)13-19)11-18(2)29(17)20-4-6-26(31)22(12-20)15-32-23-5-7-27(33-16-23)24-14-25(24)30(36)37/h4-13,16,24-25,32H,14-15H2,1-3H3,(H,36,37)/t24-,25-/m0/s1. The van der Waals surface area contributed by atoms with Crippen LogP contribution in [0.5, 0.6) is 0 Å². The molecule has 188 valence electrons. The Labute approximate surface area is 214 Å². The molecule has 1 aliphatic rings. The molecule has 4 aromatic rings. The van der Waals surface area contributed by atoms with E-state index in [1.54, 1.807) is 31.6 Å².